The lowest BCUT2D eigenvalue weighted by molar-refractivity contribution is 0.0876. The monoisotopic (exact) mass is 1510 g/mol. The van der Waals surface area contributed by atoms with Gasteiger partial charge < -0.3 is 24.4 Å². The van der Waals surface area contributed by atoms with Gasteiger partial charge >= 0.3 is 0 Å². The molecule has 5 heteroatoms. The van der Waals surface area contributed by atoms with Gasteiger partial charge in [0.15, 0.2) is 0 Å². The summed E-state index contributed by atoms with van der Waals surface area (Å²) < 4.78 is 15.3. The fourth-order valence-corrected chi connectivity index (χ4v) is 11.7. The second kappa shape index (κ2) is 68.2. The fraction of sp³-hybridized carbons (Fsp3) is 1.00. The standard InChI is InChI=1S/C10H22O.4C9H20O.2C9H20.2C8H18.2C7H16.C6H14/c1-6-9(7-8-11-5)10(2,3)4;2*1-6-8(7-10-5)9(2,3)4;2*1-5-8(6-7-10)9(2,3)4;2*1-6-8(7-2)9(3,4)5;2*1-6-7(2)8(3,4)5;1-6(2)7(3,4)5;1-5-6-7(2,3)4;1-5-6(2,3)4/h9H,6-8H2,1-5H3;2*8H,6-7H2,1-5H3;2*8,10H,5-7H2,1-4H3;2*8H,6-7H2,1-5H3;2*7H,6H2,1-5H3;6H,1-5H3;5-6H2,1-4H3;5H2,1-4H3/t9-;4*8-;;;2*7-;;;/m11010..10.../s1. The van der Waals surface area contributed by atoms with Gasteiger partial charge in [0.05, 0.1) is 0 Å². The van der Waals surface area contributed by atoms with Gasteiger partial charge in [0.2, 0.25) is 0 Å². The smallest absolute Gasteiger partial charge is 0.0495 e. The number of rotatable bonds is 23. The molecule has 0 heterocycles. The molecule has 0 aliphatic heterocycles. The van der Waals surface area contributed by atoms with E-state index in [-0.39, 0.29) is 0 Å². The third kappa shape index (κ3) is 97.9. The Labute approximate surface area is 675 Å². The quantitative estimate of drug-likeness (QED) is 0.107. The molecule has 5 nitrogen and oxygen atoms in total. The molecule has 0 aromatic heterocycles. The van der Waals surface area contributed by atoms with Crippen LogP contribution in [0.1, 0.15) is 476 Å². The van der Waals surface area contributed by atoms with Crippen molar-refractivity contribution >= 4 is 0 Å². The molecule has 0 spiro atoms. The fourth-order valence-electron chi connectivity index (χ4n) is 11.7. The maximum Gasteiger partial charge on any atom is 0.0495 e. The van der Waals surface area contributed by atoms with Crippen molar-refractivity contribution in [3.63, 3.8) is 0 Å². The first-order chi connectivity index (χ1) is 46.7. The topological polar surface area (TPSA) is 68.2 Å². The third-order valence-electron chi connectivity index (χ3n) is 23.3. The van der Waals surface area contributed by atoms with Crippen molar-refractivity contribution in [2.75, 3.05) is 54.4 Å². The summed E-state index contributed by atoms with van der Waals surface area (Å²) in [6, 6.07) is 0. The predicted molar refractivity (Wildman–Crippen MR) is 493 cm³/mol. The maximum atomic E-state index is 8.73. The Morgan fingerprint density at radius 1 is 0.238 bits per heavy atom. The van der Waals surface area contributed by atoms with E-state index in [4.69, 9.17) is 24.4 Å². The molecule has 0 saturated carbocycles. The highest BCUT2D eigenvalue weighted by molar-refractivity contribution is 4.77. The zero-order valence-corrected chi connectivity index (χ0v) is 85.4. The summed E-state index contributed by atoms with van der Waals surface area (Å²) in [7, 11) is 5.32. The van der Waals surface area contributed by atoms with Gasteiger partial charge in [-0.3, -0.25) is 0 Å². The molecule has 0 fully saturated rings. The Morgan fingerprint density at radius 3 is 0.476 bits per heavy atom. The van der Waals surface area contributed by atoms with Gasteiger partial charge in [-0.05, 0) is 150 Å². The van der Waals surface area contributed by atoms with Gasteiger partial charge in [0, 0.05) is 54.4 Å². The molecule has 0 aromatic rings. The summed E-state index contributed by atoms with van der Waals surface area (Å²) in [4.78, 5) is 0. The Kier molecular flexibility index (Phi) is 85.2. The summed E-state index contributed by atoms with van der Waals surface area (Å²) in [6.45, 7) is 123. The third-order valence-corrected chi connectivity index (χ3v) is 23.3. The van der Waals surface area contributed by atoms with Crippen LogP contribution in [0.2, 0.25) is 0 Å². The summed E-state index contributed by atoms with van der Waals surface area (Å²) in [5.41, 5.74) is 5.59. The van der Waals surface area contributed by atoms with Crippen molar-refractivity contribution in [1.29, 1.82) is 0 Å². The molecule has 0 aromatic carbocycles. The lowest BCUT2D eigenvalue weighted by Gasteiger charge is -2.29. The summed E-state index contributed by atoms with van der Waals surface area (Å²) in [6.07, 6.45) is 20.9. The largest absolute Gasteiger partial charge is 0.396 e. The van der Waals surface area contributed by atoms with Gasteiger partial charge in [-0.15, -0.1) is 0 Å². The van der Waals surface area contributed by atoms with Gasteiger partial charge in [-0.1, -0.05) is 450 Å². The number of aliphatic hydroxyl groups excluding tert-OH is 2. The van der Waals surface area contributed by atoms with E-state index < -0.39 is 0 Å². The van der Waals surface area contributed by atoms with Crippen molar-refractivity contribution in [3.8, 4) is 0 Å². The van der Waals surface area contributed by atoms with Crippen LogP contribution >= 0.6 is 0 Å². The van der Waals surface area contributed by atoms with Gasteiger partial charge in [0.25, 0.3) is 0 Å². The summed E-state index contributed by atoms with van der Waals surface area (Å²) in [5, 5.41) is 17.5. The highest BCUT2D eigenvalue weighted by atomic mass is 16.5. The molecule has 105 heavy (non-hydrogen) atoms. The van der Waals surface area contributed by atoms with E-state index in [0.29, 0.717) is 102 Å². The SMILES string of the molecule is CC(C)C(C)(C)C.CCC(C)(C)C.CCC(CC)C(C)(C)C.CCC(CC)C(C)(C)C.CCCC(C)(C)C.CC[C@@H](C)C(C)(C)C.CC[C@@H](CCO)C(C)(C)C.CC[C@@H](COC)C(C)(C)C.CC[C@H](C)C(C)(C)C.CC[C@H](CCO)C(C)(C)C.CC[C@H](CCOC)C(C)(C)C.CC[C@H](COC)C(C)(C)C. The van der Waals surface area contributed by atoms with E-state index in [2.05, 4.69) is 367 Å². The van der Waals surface area contributed by atoms with Crippen LogP contribution in [0.3, 0.4) is 0 Å². The maximum absolute atomic E-state index is 8.73. The number of hydrogen-bond donors (Lipinski definition) is 2. The van der Waals surface area contributed by atoms with Crippen LogP contribution in [0.15, 0.2) is 0 Å². The van der Waals surface area contributed by atoms with Gasteiger partial charge in [0.1, 0.15) is 0 Å². The summed E-state index contributed by atoms with van der Waals surface area (Å²) in [5.74, 6) is 7.81. The van der Waals surface area contributed by atoms with Crippen molar-refractivity contribution in [3.05, 3.63) is 0 Å². The van der Waals surface area contributed by atoms with E-state index >= 15 is 0 Å². The Morgan fingerprint density at radius 2 is 0.429 bits per heavy atom. The average molecular weight is 1510 g/mol. The second-order valence-electron chi connectivity index (χ2n) is 44.9. The van der Waals surface area contributed by atoms with Crippen molar-refractivity contribution in [2.24, 2.45) is 124 Å². The lowest BCUT2D eigenvalue weighted by atomic mass is 9.77. The molecule has 0 bridgehead atoms. The van der Waals surface area contributed by atoms with Crippen LogP contribution < -0.4 is 0 Å². The number of methoxy groups -OCH3 is 3. The first-order valence-electron chi connectivity index (χ1n) is 44.4. The number of hydrogen-bond acceptors (Lipinski definition) is 5. The van der Waals surface area contributed by atoms with Crippen LogP contribution in [-0.4, -0.2) is 64.6 Å². The molecular formula is C100H224O5. The minimum atomic E-state index is 0.329. The van der Waals surface area contributed by atoms with E-state index in [1.165, 1.54) is 96.3 Å². The molecule has 654 valence electrons. The van der Waals surface area contributed by atoms with Crippen LogP contribution in [0, 0.1) is 124 Å². The molecule has 0 rings (SSSR count). The van der Waals surface area contributed by atoms with E-state index in [0.717, 1.165) is 68.2 Å². The molecule has 0 aliphatic rings. The molecule has 0 radical (unpaired) electrons. The van der Waals surface area contributed by atoms with E-state index in [1.807, 2.05) is 0 Å². The Hall–Kier alpha value is -0.200. The van der Waals surface area contributed by atoms with Crippen molar-refractivity contribution in [2.45, 2.75) is 476 Å². The van der Waals surface area contributed by atoms with Crippen LogP contribution in [0.4, 0.5) is 0 Å². The van der Waals surface area contributed by atoms with E-state index in [9.17, 15) is 0 Å². The zero-order chi connectivity index (χ0) is 87.5. The minimum absolute atomic E-state index is 0.329. The average Bonchev–Trinajstić information content (AvgIpc) is 0.926. The Bertz CT molecular complexity index is 1540. The van der Waals surface area contributed by atoms with Crippen LogP contribution in [-0.2, 0) is 14.2 Å². The van der Waals surface area contributed by atoms with Gasteiger partial charge in [-0.2, -0.15) is 0 Å². The highest BCUT2D eigenvalue weighted by Crippen LogP contribution is 2.36. The molecule has 0 saturated heterocycles. The zero-order valence-electron chi connectivity index (χ0n) is 85.4. The first-order valence-corrected chi connectivity index (χ1v) is 44.4. The molecule has 0 unspecified atom stereocenters. The second-order valence-corrected chi connectivity index (χ2v) is 44.9. The van der Waals surface area contributed by atoms with Crippen molar-refractivity contribution in [1.82, 2.24) is 0 Å². The highest BCUT2D eigenvalue weighted by Gasteiger charge is 2.27. The summed E-state index contributed by atoms with van der Waals surface area (Å²) >= 11 is 0. The van der Waals surface area contributed by atoms with E-state index in [1.54, 1.807) is 21.3 Å². The van der Waals surface area contributed by atoms with Gasteiger partial charge in [-0.25, -0.2) is 0 Å². The predicted octanol–water partition coefficient (Wildman–Crippen LogP) is 34.4. The first kappa shape index (κ1) is 131. The van der Waals surface area contributed by atoms with Crippen LogP contribution in [0.5, 0.6) is 0 Å². The number of ether oxygens (including phenoxy) is 3. The lowest BCUT2D eigenvalue weighted by Crippen LogP contribution is -2.23. The molecule has 0 aliphatic carbocycles. The normalized spacial score (nSPS) is 14.4. The molecule has 0 amide bonds. The molecular weight excluding hydrogens is 1280 g/mol. The van der Waals surface area contributed by atoms with Crippen LogP contribution in [0.25, 0.3) is 0 Å². The molecule has 2 N–H and O–H groups in total. The van der Waals surface area contributed by atoms with Crippen molar-refractivity contribution < 1.29 is 24.4 Å². The Balaban J connectivity index is -0.0000000901. The number of aliphatic hydroxyl groups is 2. The minimum Gasteiger partial charge on any atom is -0.396 e. The molecule has 7 atom stereocenters.